The normalized spacial score (nSPS) is 10.5. The zero-order valence-electron chi connectivity index (χ0n) is 16.2. The molecular formula is C23H21Cl2NO2S. The molecule has 0 aliphatic rings. The van der Waals surface area contributed by atoms with E-state index < -0.39 is 0 Å². The van der Waals surface area contributed by atoms with Gasteiger partial charge in [-0.2, -0.15) is 0 Å². The number of ether oxygens (including phenoxy) is 2. The SMILES string of the molecule is COc1cccc(C(=S)NCc2ccc(C)cc2)c1OCc1ccc(Cl)c(Cl)c1. The number of hydrogen-bond donors (Lipinski definition) is 1. The van der Waals surface area contributed by atoms with Gasteiger partial charge in [-0.3, -0.25) is 0 Å². The molecule has 0 amide bonds. The van der Waals surface area contributed by atoms with Crippen molar-refractivity contribution in [3.05, 3.63) is 93.0 Å². The van der Waals surface area contributed by atoms with E-state index >= 15 is 0 Å². The number of benzene rings is 3. The van der Waals surface area contributed by atoms with E-state index in [1.54, 1.807) is 19.2 Å². The Labute approximate surface area is 186 Å². The average molecular weight is 446 g/mol. The van der Waals surface area contributed by atoms with Crippen LogP contribution in [0, 0.1) is 6.92 Å². The van der Waals surface area contributed by atoms with Crippen LogP contribution in [0.1, 0.15) is 22.3 Å². The van der Waals surface area contributed by atoms with Crippen molar-refractivity contribution in [2.75, 3.05) is 7.11 Å². The lowest BCUT2D eigenvalue weighted by atomic mass is 10.1. The summed E-state index contributed by atoms with van der Waals surface area (Å²) in [5, 5.41) is 4.30. The highest BCUT2D eigenvalue weighted by Crippen LogP contribution is 2.32. The maximum absolute atomic E-state index is 6.10. The van der Waals surface area contributed by atoms with E-state index in [1.807, 2.05) is 24.3 Å². The van der Waals surface area contributed by atoms with E-state index in [0.717, 1.165) is 16.7 Å². The average Bonchev–Trinajstić information content (AvgIpc) is 2.73. The smallest absolute Gasteiger partial charge is 0.171 e. The minimum atomic E-state index is 0.310. The first-order valence-corrected chi connectivity index (χ1v) is 10.2. The summed E-state index contributed by atoms with van der Waals surface area (Å²) in [5.74, 6) is 1.20. The number of methoxy groups -OCH3 is 1. The molecule has 150 valence electrons. The van der Waals surface area contributed by atoms with E-state index in [2.05, 4.69) is 36.5 Å². The Balaban J connectivity index is 1.76. The molecule has 0 aliphatic carbocycles. The van der Waals surface area contributed by atoms with Gasteiger partial charge < -0.3 is 14.8 Å². The number of halogens is 2. The maximum atomic E-state index is 6.10. The Bertz CT molecular complexity index is 1010. The molecule has 0 bridgehead atoms. The fourth-order valence-corrected chi connectivity index (χ4v) is 3.33. The van der Waals surface area contributed by atoms with Crippen molar-refractivity contribution >= 4 is 40.4 Å². The lowest BCUT2D eigenvalue weighted by molar-refractivity contribution is 0.284. The first kappa shape index (κ1) is 21.4. The standard InChI is InChI=1S/C23H21Cl2NO2S/c1-15-6-8-16(9-7-15)13-26-23(29)18-4-3-5-21(27-2)22(18)28-14-17-10-11-19(24)20(25)12-17/h3-12H,13-14H2,1-2H3,(H,26,29). The van der Waals surface area contributed by atoms with Crippen LogP contribution >= 0.6 is 35.4 Å². The van der Waals surface area contributed by atoms with Gasteiger partial charge in [0, 0.05) is 6.54 Å². The largest absolute Gasteiger partial charge is 0.493 e. The number of hydrogen-bond acceptors (Lipinski definition) is 3. The molecule has 0 radical (unpaired) electrons. The first-order valence-electron chi connectivity index (χ1n) is 9.05. The van der Waals surface area contributed by atoms with E-state index in [1.165, 1.54) is 5.56 Å². The van der Waals surface area contributed by atoms with Crippen LogP contribution in [0.4, 0.5) is 0 Å². The second kappa shape index (κ2) is 9.97. The molecule has 0 saturated heterocycles. The minimum Gasteiger partial charge on any atom is -0.493 e. The quantitative estimate of drug-likeness (QED) is 0.428. The van der Waals surface area contributed by atoms with E-state index in [0.29, 0.717) is 39.7 Å². The second-order valence-electron chi connectivity index (χ2n) is 6.54. The molecule has 29 heavy (non-hydrogen) atoms. The van der Waals surface area contributed by atoms with Crippen molar-refractivity contribution in [1.82, 2.24) is 5.32 Å². The van der Waals surface area contributed by atoms with E-state index in [-0.39, 0.29) is 0 Å². The van der Waals surface area contributed by atoms with Crippen LogP contribution in [-0.4, -0.2) is 12.1 Å². The molecule has 3 nitrogen and oxygen atoms in total. The Morgan fingerprint density at radius 1 is 0.966 bits per heavy atom. The maximum Gasteiger partial charge on any atom is 0.171 e. The molecule has 0 heterocycles. The Morgan fingerprint density at radius 2 is 1.69 bits per heavy atom. The number of aryl methyl sites for hydroxylation is 1. The molecule has 0 saturated carbocycles. The molecule has 3 rings (SSSR count). The molecular weight excluding hydrogens is 425 g/mol. The van der Waals surface area contributed by atoms with Gasteiger partial charge in [0.2, 0.25) is 0 Å². The van der Waals surface area contributed by atoms with Crippen molar-refractivity contribution < 1.29 is 9.47 Å². The third-order valence-electron chi connectivity index (χ3n) is 4.38. The third-order valence-corrected chi connectivity index (χ3v) is 5.49. The number of rotatable bonds is 7. The first-order chi connectivity index (χ1) is 14.0. The number of nitrogens with one attached hydrogen (secondary N) is 1. The highest BCUT2D eigenvalue weighted by molar-refractivity contribution is 7.80. The van der Waals surface area contributed by atoms with Crippen molar-refractivity contribution in [3.8, 4) is 11.5 Å². The van der Waals surface area contributed by atoms with Gasteiger partial charge in [-0.1, -0.05) is 77.4 Å². The summed E-state index contributed by atoms with van der Waals surface area (Å²) in [6.07, 6.45) is 0. The Morgan fingerprint density at radius 3 is 2.38 bits per heavy atom. The Hall–Kier alpha value is -2.27. The third kappa shape index (κ3) is 5.63. The monoisotopic (exact) mass is 445 g/mol. The van der Waals surface area contributed by atoms with Gasteiger partial charge in [0.15, 0.2) is 11.5 Å². The molecule has 0 spiro atoms. The van der Waals surface area contributed by atoms with E-state index in [9.17, 15) is 0 Å². The molecule has 3 aromatic rings. The number of para-hydroxylation sites is 1. The highest BCUT2D eigenvalue weighted by atomic mass is 35.5. The van der Waals surface area contributed by atoms with Crippen molar-refractivity contribution in [1.29, 1.82) is 0 Å². The lowest BCUT2D eigenvalue weighted by Gasteiger charge is -2.17. The number of thiocarbonyl (C=S) groups is 1. The molecule has 3 aromatic carbocycles. The van der Waals surface area contributed by atoms with Crippen molar-refractivity contribution in [2.45, 2.75) is 20.1 Å². The molecule has 1 N–H and O–H groups in total. The van der Waals surface area contributed by atoms with Gasteiger partial charge in [0.1, 0.15) is 11.6 Å². The van der Waals surface area contributed by atoms with Crippen molar-refractivity contribution in [3.63, 3.8) is 0 Å². The summed E-state index contributed by atoms with van der Waals surface area (Å²) < 4.78 is 11.6. The van der Waals surface area contributed by atoms with Crippen LogP contribution in [0.15, 0.2) is 60.7 Å². The summed E-state index contributed by atoms with van der Waals surface area (Å²) in [6.45, 7) is 3.00. The topological polar surface area (TPSA) is 30.5 Å². The summed E-state index contributed by atoms with van der Waals surface area (Å²) >= 11 is 17.7. The van der Waals surface area contributed by atoms with Gasteiger partial charge >= 0.3 is 0 Å². The van der Waals surface area contributed by atoms with Gasteiger partial charge in [-0.15, -0.1) is 0 Å². The predicted octanol–water partition coefficient (Wildman–Crippen LogP) is 6.35. The van der Waals surface area contributed by atoms with Gasteiger partial charge in [-0.25, -0.2) is 0 Å². The summed E-state index contributed by atoms with van der Waals surface area (Å²) in [6, 6.07) is 19.4. The molecule has 0 aliphatic heterocycles. The van der Waals surface area contributed by atoms with Gasteiger partial charge in [0.25, 0.3) is 0 Å². The molecule has 6 heteroatoms. The van der Waals surface area contributed by atoms with Gasteiger partial charge in [0.05, 0.1) is 22.7 Å². The fraction of sp³-hybridized carbons (Fsp3) is 0.174. The Kier molecular flexibility index (Phi) is 7.37. The zero-order valence-corrected chi connectivity index (χ0v) is 18.5. The molecule has 0 aromatic heterocycles. The van der Waals surface area contributed by atoms with Crippen LogP contribution in [0.25, 0.3) is 0 Å². The van der Waals surface area contributed by atoms with E-state index in [4.69, 9.17) is 44.9 Å². The predicted molar refractivity (Wildman–Crippen MR) is 124 cm³/mol. The van der Waals surface area contributed by atoms with Crippen LogP contribution in [0.5, 0.6) is 11.5 Å². The fourth-order valence-electron chi connectivity index (χ4n) is 2.77. The second-order valence-corrected chi connectivity index (χ2v) is 7.77. The van der Waals surface area contributed by atoms with Crippen LogP contribution in [0.2, 0.25) is 10.0 Å². The highest BCUT2D eigenvalue weighted by Gasteiger charge is 2.15. The molecule has 0 unspecified atom stereocenters. The molecule has 0 fully saturated rings. The lowest BCUT2D eigenvalue weighted by Crippen LogP contribution is -2.22. The summed E-state index contributed by atoms with van der Waals surface area (Å²) in [4.78, 5) is 0.591. The van der Waals surface area contributed by atoms with Crippen molar-refractivity contribution in [2.24, 2.45) is 0 Å². The van der Waals surface area contributed by atoms with Gasteiger partial charge in [-0.05, 0) is 42.3 Å². The molecule has 0 atom stereocenters. The van der Waals surface area contributed by atoms with Crippen LogP contribution < -0.4 is 14.8 Å². The summed E-state index contributed by atoms with van der Waals surface area (Å²) in [7, 11) is 1.61. The summed E-state index contributed by atoms with van der Waals surface area (Å²) in [5.41, 5.74) is 4.04. The van der Waals surface area contributed by atoms with Crippen LogP contribution in [-0.2, 0) is 13.2 Å². The zero-order chi connectivity index (χ0) is 20.8. The van der Waals surface area contributed by atoms with Crippen LogP contribution in [0.3, 0.4) is 0 Å². The minimum absolute atomic E-state index is 0.310.